The van der Waals surface area contributed by atoms with E-state index in [-0.39, 0.29) is 0 Å². The van der Waals surface area contributed by atoms with Crippen molar-refractivity contribution in [3.63, 3.8) is 0 Å². The van der Waals surface area contributed by atoms with Gasteiger partial charge in [0.25, 0.3) is 0 Å². The van der Waals surface area contributed by atoms with Gasteiger partial charge in [-0.1, -0.05) is 6.08 Å². The summed E-state index contributed by atoms with van der Waals surface area (Å²) < 4.78 is 36.5. The Morgan fingerprint density at radius 1 is 1.50 bits per heavy atom. The lowest BCUT2D eigenvalue weighted by Crippen LogP contribution is -2.25. The number of hydrogen-bond acceptors (Lipinski definition) is 2. The number of carboxylic acid groups (broad SMARTS) is 1. The molecule has 0 radical (unpaired) electrons. The van der Waals surface area contributed by atoms with E-state index in [1.54, 1.807) is 0 Å². The van der Waals surface area contributed by atoms with Crippen LogP contribution in [0.2, 0.25) is 0 Å². The van der Waals surface area contributed by atoms with Gasteiger partial charge < -0.3 is 10.2 Å². The molecule has 0 fully saturated rings. The number of aliphatic carboxylic acids is 1. The topological polar surface area (TPSA) is 57.5 Å². The summed E-state index contributed by atoms with van der Waals surface area (Å²) in [5, 5.41) is 17.4. The predicted octanol–water partition coefficient (Wildman–Crippen LogP) is 2.02. The van der Waals surface area contributed by atoms with Gasteiger partial charge in [0.15, 0.2) is 0 Å². The normalized spacial score (nSPS) is 22.6. The maximum absolute atomic E-state index is 12.2. The Balaban J connectivity index is 2.91. The van der Waals surface area contributed by atoms with E-state index in [2.05, 4.69) is 0 Å². The first-order valence-electron chi connectivity index (χ1n) is 3.72. The number of alkyl halides is 3. The predicted molar refractivity (Wildman–Crippen MR) is 40.6 cm³/mol. The summed E-state index contributed by atoms with van der Waals surface area (Å²) in [5.41, 5.74) is -0.602. The second-order valence-electron chi connectivity index (χ2n) is 2.88. The fourth-order valence-electron chi connectivity index (χ4n) is 1.12. The lowest BCUT2D eigenvalue weighted by atomic mass is 9.93. The van der Waals surface area contributed by atoms with E-state index in [0.717, 1.165) is 12.2 Å². The summed E-state index contributed by atoms with van der Waals surface area (Å²) >= 11 is 0. The highest BCUT2D eigenvalue weighted by Crippen LogP contribution is 2.35. The molecule has 0 aromatic carbocycles. The average molecular weight is 208 g/mol. The molecule has 6 heteroatoms. The van der Waals surface area contributed by atoms with E-state index in [9.17, 15) is 18.0 Å². The smallest absolute Gasteiger partial charge is 0.395 e. The van der Waals surface area contributed by atoms with Crippen LogP contribution in [0.15, 0.2) is 23.5 Å². The Bertz CT molecular complexity index is 314. The molecule has 14 heavy (non-hydrogen) atoms. The van der Waals surface area contributed by atoms with Gasteiger partial charge in [-0.2, -0.15) is 13.2 Å². The van der Waals surface area contributed by atoms with Gasteiger partial charge in [-0.05, 0) is 12.5 Å². The van der Waals surface area contributed by atoms with Crippen molar-refractivity contribution in [1.29, 1.82) is 0 Å². The van der Waals surface area contributed by atoms with Gasteiger partial charge in [0.2, 0.25) is 0 Å². The minimum absolute atomic E-state index is 0.602. The SMILES string of the molecule is O=C(O)C1=C(O)C=CC(C(F)(F)F)C1. The molecule has 1 atom stereocenters. The van der Waals surface area contributed by atoms with Crippen LogP contribution in [0.5, 0.6) is 0 Å². The van der Waals surface area contributed by atoms with Gasteiger partial charge in [0.1, 0.15) is 5.76 Å². The molecule has 1 aliphatic carbocycles. The maximum Gasteiger partial charge on any atom is 0.395 e. The van der Waals surface area contributed by atoms with E-state index in [1.807, 2.05) is 0 Å². The average Bonchev–Trinajstić information content (AvgIpc) is 2.02. The third-order valence-corrected chi connectivity index (χ3v) is 1.90. The van der Waals surface area contributed by atoms with Crippen molar-refractivity contribution in [2.24, 2.45) is 5.92 Å². The molecule has 0 amide bonds. The maximum atomic E-state index is 12.2. The summed E-state index contributed by atoms with van der Waals surface area (Å²) in [4.78, 5) is 10.4. The van der Waals surface area contributed by atoms with Crippen LogP contribution in [-0.2, 0) is 4.79 Å². The molecule has 0 heterocycles. The Hall–Kier alpha value is -1.46. The van der Waals surface area contributed by atoms with Gasteiger partial charge in [-0.25, -0.2) is 4.79 Å². The molecule has 2 N–H and O–H groups in total. The van der Waals surface area contributed by atoms with E-state index < -0.39 is 35.8 Å². The van der Waals surface area contributed by atoms with Crippen LogP contribution < -0.4 is 0 Å². The van der Waals surface area contributed by atoms with E-state index in [4.69, 9.17) is 10.2 Å². The summed E-state index contributed by atoms with van der Waals surface area (Å²) in [5.74, 6) is -3.97. The molecule has 3 nitrogen and oxygen atoms in total. The minimum Gasteiger partial charge on any atom is -0.507 e. The molecule has 1 unspecified atom stereocenters. The summed E-state index contributed by atoms with van der Waals surface area (Å²) in [6.45, 7) is 0. The number of rotatable bonds is 1. The second-order valence-corrected chi connectivity index (χ2v) is 2.88. The highest BCUT2D eigenvalue weighted by molar-refractivity contribution is 5.88. The molecular weight excluding hydrogens is 201 g/mol. The van der Waals surface area contributed by atoms with E-state index in [0.29, 0.717) is 0 Å². The number of halogens is 3. The highest BCUT2D eigenvalue weighted by Gasteiger charge is 2.40. The summed E-state index contributed by atoms with van der Waals surface area (Å²) in [6, 6.07) is 0. The molecule has 0 saturated carbocycles. The van der Waals surface area contributed by atoms with Crippen LogP contribution >= 0.6 is 0 Å². The largest absolute Gasteiger partial charge is 0.507 e. The van der Waals surface area contributed by atoms with E-state index in [1.165, 1.54) is 0 Å². The molecular formula is C8H7F3O3. The zero-order valence-electron chi connectivity index (χ0n) is 6.88. The number of aliphatic hydroxyl groups excluding tert-OH is 1. The molecule has 0 aromatic heterocycles. The fourth-order valence-corrected chi connectivity index (χ4v) is 1.12. The summed E-state index contributed by atoms with van der Waals surface area (Å²) in [7, 11) is 0. The Morgan fingerprint density at radius 2 is 2.07 bits per heavy atom. The summed E-state index contributed by atoms with van der Waals surface area (Å²) in [6.07, 6.45) is -3.67. The second kappa shape index (κ2) is 3.36. The molecule has 78 valence electrons. The van der Waals surface area contributed by atoms with E-state index >= 15 is 0 Å². The zero-order chi connectivity index (χ0) is 10.9. The monoisotopic (exact) mass is 208 g/mol. The number of carboxylic acids is 1. The van der Waals surface area contributed by atoms with Crippen LogP contribution in [0.1, 0.15) is 6.42 Å². The number of allylic oxidation sites excluding steroid dienone is 2. The van der Waals surface area contributed by atoms with Crippen LogP contribution in [0, 0.1) is 5.92 Å². The van der Waals surface area contributed by atoms with Crippen LogP contribution in [-0.4, -0.2) is 22.4 Å². The van der Waals surface area contributed by atoms with Crippen molar-refractivity contribution >= 4 is 5.97 Å². The highest BCUT2D eigenvalue weighted by atomic mass is 19.4. The lowest BCUT2D eigenvalue weighted by Gasteiger charge is -2.20. The standard InChI is InChI=1S/C8H7F3O3/c9-8(10,11)4-1-2-6(12)5(3-4)7(13)14/h1-2,4,12H,3H2,(H,13,14). The van der Waals surface area contributed by atoms with Gasteiger partial charge in [-0.3, -0.25) is 0 Å². The molecule has 0 aromatic rings. The van der Waals surface area contributed by atoms with Crippen molar-refractivity contribution in [3.05, 3.63) is 23.5 Å². The molecule has 0 bridgehead atoms. The van der Waals surface area contributed by atoms with Gasteiger partial charge in [0, 0.05) is 0 Å². The third-order valence-electron chi connectivity index (χ3n) is 1.90. The Kier molecular flexibility index (Phi) is 2.55. The van der Waals surface area contributed by atoms with Crippen molar-refractivity contribution < 1.29 is 28.2 Å². The molecule has 1 rings (SSSR count). The lowest BCUT2D eigenvalue weighted by molar-refractivity contribution is -0.162. The van der Waals surface area contributed by atoms with Crippen molar-refractivity contribution in [3.8, 4) is 0 Å². The van der Waals surface area contributed by atoms with Gasteiger partial charge in [-0.15, -0.1) is 0 Å². The molecule has 0 aliphatic heterocycles. The number of carbonyl (C=O) groups is 1. The number of aliphatic hydroxyl groups is 1. The Labute approximate surface area is 77.2 Å². The molecule has 0 spiro atoms. The third kappa shape index (κ3) is 2.07. The Morgan fingerprint density at radius 3 is 2.50 bits per heavy atom. The fraction of sp³-hybridized carbons (Fsp3) is 0.375. The first-order chi connectivity index (χ1) is 6.32. The van der Waals surface area contributed by atoms with Gasteiger partial charge >= 0.3 is 12.1 Å². The van der Waals surface area contributed by atoms with Gasteiger partial charge in [0.05, 0.1) is 11.5 Å². The van der Waals surface area contributed by atoms with Crippen LogP contribution in [0.4, 0.5) is 13.2 Å². The van der Waals surface area contributed by atoms with Crippen molar-refractivity contribution in [2.75, 3.05) is 0 Å². The van der Waals surface area contributed by atoms with Crippen molar-refractivity contribution in [1.82, 2.24) is 0 Å². The molecule has 1 aliphatic rings. The van der Waals surface area contributed by atoms with Crippen molar-refractivity contribution in [2.45, 2.75) is 12.6 Å². The first kappa shape index (κ1) is 10.6. The first-order valence-corrected chi connectivity index (χ1v) is 3.72. The number of hydrogen-bond donors (Lipinski definition) is 2. The minimum atomic E-state index is -4.47. The zero-order valence-corrected chi connectivity index (χ0v) is 6.88. The van der Waals surface area contributed by atoms with Crippen LogP contribution in [0.3, 0.4) is 0 Å². The quantitative estimate of drug-likeness (QED) is 0.693. The molecule has 0 saturated heterocycles. The van der Waals surface area contributed by atoms with Crippen LogP contribution in [0.25, 0.3) is 0 Å².